The number of hydrogen-bond acceptors (Lipinski definition) is 2. The van der Waals surface area contributed by atoms with Gasteiger partial charge in [0, 0.05) is 11.4 Å². The van der Waals surface area contributed by atoms with Crippen LogP contribution in [0, 0.1) is 13.8 Å². The summed E-state index contributed by atoms with van der Waals surface area (Å²) in [6.45, 7) is 4.07. The molecule has 0 spiro atoms. The van der Waals surface area contributed by atoms with Gasteiger partial charge >= 0.3 is 6.03 Å². The topological polar surface area (TPSA) is 47.6 Å². The number of thiocarbonyl (C=S) groups is 1. The van der Waals surface area contributed by atoms with Gasteiger partial charge in [0.05, 0.1) is 0 Å². The number of aryl methyl sites for hydroxylation is 2. The van der Waals surface area contributed by atoms with Crippen LogP contribution in [0.4, 0.5) is 16.2 Å². The predicted octanol–water partition coefficient (Wildman–Crippen LogP) is 2.88. The van der Waals surface area contributed by atoms with E-state index in [4.69, 9.17) is 12.2 Å². The van der Waals surface area contributed by atoms with E-state index in [-0.39, 0.29) is 18.4 Å². The van der Waals surface area contributed by atoms with Crippen molar-refractivity contribution >= 4 is 34.7 Å². The highest BCUT2D eigenvalue weighted by molar-refractivity contribution is 7.80. The van der Waals surface area contributed by atoms with Gasteiger partial charge in [0.25, 0.3) is 0 Å². The van der Waals surface area contributed by atoms with Crippen molar-refractivity contribution in [1.82, 2.24) is 10.6 Å². The fourth-order valence-corrected chi connectivity index (χ4v) is 3.52. The Balaban J connectivity index is 1.67. The Morgan fingerprint density at radius 1 is 0.792 bits per heavy atom. The first-order chi connectivity index (χ1) is 11.5. The van der Waals surface area contributed by atoms with Crippen molar-refractivity contribution in [3.8, 4) is 0 Å². The highest BCUT2D eigenvalue weighted by Crippen LogP contribution is 2.31. The van der Waals surface area contributed by atoms with Crippen molar-refractivity contribution in [3.05, 3.63) is 59.7 Å². The lowest BCUT2D eigenvalue weighted by Crippen LogP contribution is -2.43. The van der Waals surface area contributed by atoms with Crippen LogP contribution in [0.1, 0.15) is 11.1 Å². The van der Waals surface area contributed by atoms with E-state index in [9.17, 15) is 4.79 Å². The maximum Gasteiger partial charge on any atom is 0.325 e. The van der Waals surface area contributed by atoms with Crippen LogP contribution in [0.5, 0.6) is 0 Å². The lowest BCUT2D eigenvalue weighted by molar-refractivity contribution is 0.250. The normalized spacial score (nSPS) is 22.4. The number of benzene rings is 2. The largest absolute Gasteiger partial charge is 0.338 e. The Kier molecular flexibility index (Phi) is 3.42. The fourth-order valence-electron chi connectivity index (χ4n) is 3.18. The molecule has 2 aromatic carbocycles. The first-order valence-electron chi connectivity index (χ1n) is 7.87. The first kappa shape index (κ1) is 15.0. The Labute approximate surface area is 146 Å². The van der Waals surface area contributed by atoms with Crippen LogP contribution in [-0.2, 0) is 0 Å². The minimum Gasteiger partial charge on any atom is -0.338 e. The second-order valence-corrected chi connectivity index (χ2v) is 6.59. The monoisotopic (exact) mass is 338 g/mol. The van der Waals surface area contributed by atoms with Gasteiger partial charge in [-0.15, -0.1) is 0 Å². The molecule has 6 heteroatoms. The molecule has 2 aliphatic heterocycles. The molecule has 2 atom stereocenters. The van der Waals surface area contributed by atoms with Gasteiger partial charge in [0.15, 0.2) is 5.11 Å². The average molecular weight is 338 g/mol. The van der Waals surface area contributed by atoms with E-state index in [2.05, 4.69) is 10.6 Å². The molecule has 122 valence electrons. The maximum atomic E-state index is 12.5. The van der Waals surface area contributed by atoms with Gasteiger partial charge in [0.2, 0.25) is 0 Å². The summed E-state index contributed by atoms with van der Waals surface area (Å²) >= 11 is 5.51. The number of fused-ring (bicyclic) bond motifs is 1. The summed E-state index contributed by atoms with van der Waals surface area (Å²) in [5, 5.41) is 6.92. The zero-order chi connectivity index (χ0) is 16.8. The highest BCUT2D eigenvalue weighted by atomic mass is 32.1. The molecule has 0 radical (unpaired) electrons. The quantitative estimate of drug-likeness (QED) is 0.827. The third-order valence-electron chi connectivity index (χ3n) is 4.46. The molecule has 2 aromatic rings. The molecule has 2 heterocycles. The molecule has 5 nitrogen and oxygen atoms in total. The van der Waals surface area contributed by atoms with Crippen molar-refractivity contribution in [1.29, 1.82) is 0 Å². The number of nitrogens with one attached hydrogen (secondary N) is 2. The van der Waals surface area contributed by atoms with Crippen LogP contribution < -0.4 is 20.4 Å². The van der Waals surface area contributed by atoms with E-state index in [0.29, 0.717) is 5.11 Å². The van der Waals surface area contributed by atoms with Crippen LogP contribution in [0.3, 0.4) is 0 Å². The number of carbonyl (C=O) groups is 1. The molecule has 2 saturated heterocycles. The molecule has 2 fully saturated rings. The number of nitrogens with zero attached hydrogens (tertiary/aromatic N) is 2. The highest BCUT2D eigenvalue weighted by Gasteiger charge is 2.49. The van der Waals surface area contributed by atoms with Crippen molar-refractivity contribution in [3.63, 3.8) is 0 Å². The zero-order valence-corrected chi connectivity index (χ0v) is 14.3. The number of carbonyl (C=O) groups excluding carboxylic acids is 1. The van der Waals surface area contributed by atoms with Crippen LogP contribution in [-0.4, -0.2) is 23.5 Å². The fraction of sp³-hybridized carbons (Fsp3) is 0.222. The molecular formula is C18H18N4OS. The van der Waals surface area contributed by atoms with Gasteiger partial charge in [-0.1, -0.05) is 35.4 Å². The number of anilines is 2. The van der Waals surface area contributed by atoms with Gasteiger partial charge in [-0.05, 0) is 50.3 Å². The molecule has 0 bridgehead atoms. The van der Waals surface area contributed by atoms with E-state index >= 15 is 0 Å². The Morgan fingerprint density at radius 3 is 1.79 bits per heavy atom. The lowest BCUT2D eigenvalue weighted by atomic mass is 10.2. The number of hydrogen-bond donors (Lipinski definition) is 2. The third kappa shape index (κ3) is 2.30. The van der Waals surface area contributed by atoms with E-state index in [0.717, 1.165) is 16.9 Å². The summed E-state index contributed by atoms with van der Waals surface area (Å²) in [4.78, 5) is 16.2. The van der Waals surface area contributed by atoms with Crippen molar-refractivity contribution < 1.29 is 4.79 Å². The standard InChI is InChI=1S/C18H18N4OS/c1-11-3-7-13(8-4-11)21-16-15(19-17(21)23)22(18(24)20-16)14-9-5-12(2)6-10-14/h3-10,15-16H,1-2H3,(H,19,23)(H,20,24). The second kappa shape index (κ2) is 5.49. The predicted molar refractivity (Wildman–Crippen MR) is 99.2 cm³/mol. The molecular weight excluding hydrogens is 320 g/mol. The van der Waals surface area contributed by atoms with Crippen LogP contribution in [0.2, 0.25) is 0 Å². The summed E-state index contributed by atoms with van der Waals surface area (Å²) in [6, 6.07) is 15.9. The Morgan fingerprint density at radius 2 is 1.25 bits per heavy atom. The zero-order valence-electron chi connectivity index (χ0n) is 13.5. The van der Waals surface area contributed by atoms with Gasteiger partial charge in [-0.2, -0.15) is 0 Å². The molecule has 2 unspecified atom stereocenters. The van der Waals surface area contributed by atoms with E-state index < -0.39 is 0 Å². The smallest absolute Gasteiger partial charge is 0.325 e. The summed E-state index contributed by atoms with van der Waals surface area (Å²) in [5.74, 6) is 0. The van der Waals surface area contributed by atoms with Crippen molar-refractivity contribution in [2.45, 2.75) is 26.2 Å². The van der Waals surface area contributed by atoms with E-state index in [1.807, 2.05) is 67.3 Å². The van der Waals surface area contributed by atoms with Crippen molar-refractivity contribution in [2.24, 2.45) is 0 Å². The summed E-state index contributed by atoms with van der Waals surface area (Å²) in [6.07, 6.45) is -0.456. The SMILES string of the molecule is Cc1ccc(N2C(=O)NC3C2NC(=S)N3c2ccc(C)cc2)cc1. The van der Waals surface area contributed by atoms with Crippen LogP contribution in [0.15, 0.2) is 48.5 Å². The Hall–Kier alpha value is -2.60. The second-order valence-electron chi connectivity index (χ2n) is 6.20. The number of amides is 2. The molecule has 24 heavy (non-hydrogen) atoms. The molecule has 4 rings (SSSR count). The molecule has 2 amide bonds. The minimum atomic E-state index is -0.228. The Bertz CT molecular complexity index is 733. The third-order valence-corrected chi connectivity index (χ3v) is 4.77. The van der Waals surface area contributed by atoms with E-state index in [1.54, 1.807) is 4.90 Å². The first-order valence-corrected chi connectivity index (χ1v) is 8.28. The summed E-state index contributed by atoms with van der Waals surface area (Å²) in [5.41, 5.74) is 4.17. The van der Waals surface area contributed by atoms with E-state index in [1.165, 1.54) is 5.56 Å². The lowest BCUT2D eigenvalue weighted by Gasteiger charge is -2.23. The van der Waals surface area contributed by atoms with Gasteiger partial charge in [-0.25, -0.2) is 4.79 Å². The average Bonchev–Trinajstić information content (AvgIpc) is 3.02. The summed E-state index contributed by atoms with van der Waals surface area (Å²) in [7, 11) is 0. The molecule has 0 aromatic heterocycles. The van der Waals surface area contributed by atoms with Gasteiger partial charge in [0.1, 0.15) is 12.3 Å². The minimum absolute atomic E-state index is 0.124. The number of rotatable bonds is 2. The van der Waals surface area contributed by atoms with Crippen molar-refractivity contribution in [2.75, 3.05) is 9.80 Å². The van der Waals surface area contributed by atoms with Crippen LogP contribution >= 0.6 is 12.2 Å². The number of urea groups is 1. The van der Waals surface area contributed by atoms with Gasteiger partial charge in [-0.3, -0.25) is 9.80 Å². The van der Waals surface area contributed by atoms with Gasteiger partial charge < -0.3 is 10.6 Å². The molecule has 0 aliphatic carbocycles. The molecule has 2 N–H and O–H groups in total. The molecule has 0 saturated carbocycles. The van der Waals surface area contributed by atoms with Crippen LogP contribution in [0.25, 0.3) is 0 Å². The maximum absolute atomic E-state index is 12.5. The molecule has 2 aliphatic rings. The summed E-state index contributed by atoms with van der Waals surface area (Å²) < 4.78 is 0.